The molecule has 2 aliphatic rings. The molecule has 10 nitrogen and oxygen atoms in total. The monoisotopic (exact) mass is 492 g/mol. The number of hydrogen-bond acceptors (Lipinski definition) is 10. The summed E-state index contributed by atoms with van der Waals surface area (Å²) < 4.78 is 34.1. The van der Waals surface area contributed by atoms with E-state index in [1.807, 2.05) is 30.3 Å². The lowest BCUT2D eigenvalue weighted by atomic mass is 9.67. The van der Waals surface area contributed by atoms with Crippen LogP contribution >= 0.6 is 0 Å². The Hall–Kier alpha value is -2.98. The van der Waals surface area contributed by atoms with Crippen molar-refractivity contribution in [1.29, 1.82) is 0 Å². The minimum atomic E-state index is -1.15. The van der Waals surface area contributed by atoms with E-state index in [0.29, 0.717) is 12.8 Å². The molecule has 35 heavy (non-hydrogen) atoms. The molecular weight excluding hydrogens is 460 g/mol. The van der Waals surface area contributed by atoms with Gasteiger partial charge in [0, 0.05) is 33.6 Å². The minimum absolute atomic E-state index is 0.178. The van der Waals surface area contributed by atoms with Crippen LogP contribution in [0.2, 0.25) is 0 Å². The number of fused-ring (bicyclic) bond motifs is 1. The number of hydrogen-bond donors (Lipinski definition) is 0. The van der Waals surface area contributed by atoms with Crippen molar-refractivity contribution in [1.82, 2.24) is 0 Å². The van der Waals surface area contributed by atoms with Gasteiger partial charge in [-0.15, -0.1) is 0 Å². The Morgan fingerprint density at radius 1 is 0.914 bits per heavy atom. The number of benzene rings is 1. The SMILES string of the molecule is CC(=O)OC[C@H]1O[C@@H]2OC[C@H](CCc3ccccc3)[C@]2(COC(C)=O)[C@@H](OC(C)=O)[C@H]1OC(C)=O. The summed E-state index contributed by atoms with van der Waals surface area (Å²) in [6, 6.07) is 9.83. The summed E-state index contributed by atoms with van der Waals surface area (Å²) in [4.78, 5) is 47.6. The second-order valence-corrected chi connectivity index (χ2v) is 8.86. The van der Waals surface area contributed by atoms with Gasteiger partial charge in [0.05, 0.1) is 6.61 Å². The molecule has 6 atom stereocenters. The van der Waals surface area contributed by atoms with Gasteiger partial charge in [0.15, 0.2) is 18.5 Å². The highest BCUT2D eigenvalue weighted by atomic mass is 16.7. The lowest BCUT2D eigenvalue weighted by Gasteiger charge is -2.51. The number of ether oxygens (including phenoxy) is 6. The summed E-state index contributed by atoms with van der Waals surface area (Å²) in [5, 5.41) is 0. The van der Waals surface area contributed by atoms with Crippen molar-refractivity contribution in [2.24, 2.45) is 11.3 Å². The van der Waals surface area contributed by atoms with E-state index in [4.69, 9.17) is 28.4 Å². The third kappa shape index (κ3) is 6.37. The summed E-state index contributed by atoms with van der Waals surface area (Å²) >= 11 is 0. The predicted octanol–water partition coefficient (Wildman–Crippen LogP) is 1.97. The number of aryl methyl sites for hydroxylation is 1. The summed E-state index contributed by atoms with van der Waals surface area (Å²) in [5.41, 5.74) is -0.0532. The van der Waals surface area contributed by atoms with Gasteiger partial charge in [-0.25, -0.2) is 0 Å². The van der Waals surface area contributed by atoms with Crippen molar-refractivity contribution >= 4 is 23.9 Å². The van der Waals surface area contributed by atoms with Crippen LogP contribution in [0.1, 0.15) is 39.7 Å². The fourth-order valence-corrected chi connectivity index (χ4v) is 4.83. The van der Waals surface area contributed by atoms with Crippen LogP contribution in [-0.2, 0) is 54.0 Å². The largest absolute Gasteiger partial charge is 0.465 e. The van der Waals surface area contributed by atoms with Gasteiger partial charge in [-0.1, -0.05) is 30.3 Å². The normalized spacial score (nSPS) is 29.5. The molecule has 2 fully saturated rings. The molecule has 0 aromatic heterocycles. The van der Waals surface area contributed by atoms with Gasteiger partial charge in [0.1, 0.15) is 24.7 Å². The van der Waals surface area contributed by atoms with Gasteiger partial charge in [-0.2, -0.15) is 0 Å². The molecule has 1 aromatic carbocycles. The van der Waals surface area contributed by atoms with E-state index in [9.17, 15) is 19.2 Å². The van der Waals surface area contributed by atoms with Gasteiger partial charge >= 0.3 is 23.9 Å². The average molecular weight is 493 g/mol. The van der Waals surface area contributed by atoms with E-state index in [0.717, 1.165) is 5.56 Å². The first-order valence-electron chi connectivity index (χ1n) is 11.6. The quantitative estimate of drug-likeness (QED) is 0.373. The van der Waals surface area contributed by atoms with Gasteiger partial charge in [-0.3, -0.25) is 19.2 Å². The van der Waals surface area contributed by atoms with Crippen LogP contribution in [0.5, 0.6) is 0 Å². The maximum absolute atomic E-state index is 12.2. The maximum atomic E-state index is 12.2. The third-order valence-corrected chi connectivity index (χ3v) is 6.34. The molecule has 0 radical (unpaired) electrons. The Morgan fingerprint density at radius 2 is 1.57 bits per heavy atom. The first-order valence-corrected chi connectivity index (χ1v) is 11.6. The van der Waals surface area contributed by atoms with Crippen molar-refractivity contribution in [3.05, 3.63) is 35.9 Å². The van der Waals surface area contributed by atoms with Crippen molar-refractivity contribution in [2.45, 2.75) is 65.1 Å². The maximum Gasteiger partial charge on any atom is 0.303 e. The molecule has 0 unspecified atom stereocenters. The molecule has 2 saturated heterocycles. The van der Waals surface area contributed by atoms with Gasteiger partial charge in [0.2, 0.25) is 0 Å². The van der Waals surface area contributed by atoms with Gasteiger partial charge < -0.3 is 28.4 Å². The first-order chi connectivity index (χ1) is 16.6. The number of rotatable bonds is 9. The summed E-state index contributed by atoms with van der Waals surface area (Å²) in [6.07, 6.45) is -2.83. The van der Waals surface area contributed by atoms with E-state index >= 15 is 0 Å². The molecule has 192 valence electrons. The predicted molar refractivity (Wildman–Crippen MR) is 120 cm³/mol. The zero-order valence-corrected chi connectivity index (χ0v) is 20.4. The summed E-state index contributed by atoms with van der Waals surface area (Å²) in [6.45, 7) is 4.79. The Bertz CT molecular complexity index is 916. The smallest absolute Gasteiger partial charge is 0.303 e. The first kappa shape index (κ1) is 26.6. The van der Waals surface area contributed by atoms with E-state index in [1.165, 1.54) is 27.7 Å². The van der Waals surface area contributed by atoms with E-state index in [2.05, 4.69) is 0 Å². The van der Waals surface area contributed by atoms with Crippen molar-refractivity contribution in [2.75, 3.05) is 19.8 Å². The van der Waals surface area contributed by atoms with Crippen molar-refractivity contribution in [3.8, 4) is 0 Å². The van der Waals surface area contributed by atoms with Crippen molar-refractivity contribution in [3.63, 3.8) is 0 Å². The number of esters is 4. The Balaban J connectivity index is 2.01. The highest BCUT2D eigenvalue weighted by Gasteiger charge is 2.67. The van der Waals surface area contributed by atoms with E-state index in [-0.39, 0.29) is 25.7 Å². The number of carbonyl (C=O) groups is 4. The zero-order valence-electron chi connectivity index (χ0n) is 20.4. The second kappa shape index (κ2) is 11.6. The molecule has 2 heterocycles. The fourth-order valence-electron chi connectivity index (χ4n) is 4.83. The van der Waals surface area contributed by atoms with Crippen LogP contribution in [0.3, 0.4) is 0 Å². The molecule has 2 aliphatic heterocycles. The molecule has 0 saturated carbocycles. The lowest BCUT2D eigenvalue weighted by molar-refractivity contribution is -0.308. The standard InChI is InChI=1S/C25H32O10/c1-15(26)30-13-21-22(33-17(3)28)23(34-18(4)29)25(14-32-16(2)27)20(12-31-24(25)35-21)11-10-19-8-6-5-7-9-19/h5-9,20-24H,10-14H2,1-4H3/t20-,21+,22-,23-,24-,25+/m0/s1. The third-order valence-electron chi connectivity index (χ3n) is 6.34. The highest BCUT2D eigenvalue weighted by molar-refractivity contribution is 5.68. The van der Waals surface area contributed by atoms with Crippen LogP contribution in [0, 0.1) is 11.3 Å². The summed E-state index contributed by atoms with van der Waals surface area (Å²) in [5.74, 6) is -2.60. The molecule has 10 heteroatoms. The molecule has 0 amide bonds. The molecule has 0 aliphatic carbocycles. The minimum Gasteiger partial charge on any atom is -0.465 e. The zero-order chi connectivity index (χ0) is 25.6. The van der Waals surface area contributed by atoms with E-state index < -0.39 is 53.9 Å². The Kier molecular flexibility index (Phi) is 8.85. The highest BCUT2D eigenvalue weighted by Crippen LogP contribution is 2.52. The van der Waals surface area contributed by atoms with Crippen LogP contribution in [0.25, 0.3) is 0 Å². The van der Waals surface area contributed by atoms with Crippen LogP contribution in [-0.4, -0.2) is 68.3 Å². The topological polar surface area (TPSA) is 124 Å². The average Bonchev–Trinajstić information content (AvgIpc) is 3.14. The Morgan fingerprint density at radius 3 is 2.17 bits per heavy atom. The van der Waals surface area contributed by atoms with Crippen LogP contribution < -0.4 is 0 Å². The van der Waals surface area contributed by atoms with E-state index in [1.54, 1.807) is 0 Å². The molecule has 1 aromatic rings. The Labute approximate surface area is 204 Å². The molecule has 0 spiro atoms. The molecule has 3 rings (SSSR count). The number of carbonyl (C=O) groups excluding carboxylic acids is 4. The lowest BCUT2D eigenvalue weighted by Crippen LogP contribution is -2.66. The van der Waals surface area contributed by atoms with Gasteiger partial charge in [-0.05, 0) is 18.4 Å². The summed E-state index contributed by atoms with van der Waals surface area (Å²) in [7, 11) is 0. The second-order valence-electron chi connectivity index (χ2n) is 8.86. The van der Waals surface area contributed by atoms with Crippen LogP contribution in [0.15, 0.2) is 30.3 Å². The van der Waals surface area contributed by atoms with Crippen LogP contribution in [0.4, 0.5) is 0 Å². The molecule has 0 bridgehead atoms. The molecule has 0 N–H and O–H groups in total. The van der Waals surface area contributed by atoms with Crippen molar-refractivity contribution < 1.29 is 47.6 Å². The van der Waals surface area contributed by atoms with Gasteiger partial charge in [0.25, 0.3) is 0 Å². The fraction of sp³-hybridized carbons (Fsp3) is 0.600. The molecular formula is C25H32O10.